The van der Waals surface area contributed by atoms with Gasteiger partial charge in [0.25, 0.3) is 5.09 Å². The molecule has 0 amide bonds. The Morgan fingerprint density at radius 3 is 1.67 bits per heavy atom. The fraction of sp³-hybridized carbons (Fsp3) is 0. The predicted molar refractivity (Wildman–Crippen MR) is 21.1 cm³/mol. The van der Waals surface area contributed by atoms with Gasteiger partial charge in [0.2, 0.25) is 0 Å². The lowest BCUT2D eigenvalue weighted by Gasteiger charge is -1.56. The molecular formula is H5ClN2O3. The molecule has 0 rings (SSSR count). The molecule has 0 aliphatic carbocycles. The van der Waals surface area contributed by atoms with E-state index < -0.39 is 5.09 Å². The molecule has 0 radical (unpaired) electrons. The SMILES string of the molecule is Cl.N.O=[N+]([O-])O. The highest BCUT2D eigenvalue weighted by Gasteiger charge is 1.65. The third-order valence-electron chi connectivity index (χ3n) is 0. The van der Waals surface area contributed by atoms with Crippen LogP contribution < -0.4 is 6.15 Å². The maximum atomic E-state index is 8.36. The van der Waals surface area contributed by atoms with Gasteiger partial charge in [-0.1, -0.05) is 0 Å². The van der Waals surface area contributed by atoms with E-state index in [1.165, 1.54) is 0 Å². The van der Waals surface area contributed by atoms with Crippen LogP contribution in [0.15, 0.2) is 0 Å². The van der Waals surface area contributed by atoms with Gasteiger partial charge in [0.1, 0.15) is 0 Å². The average Bonchev–Trinajstić information content (AvgIpc) is 0.811. The van der Waals surface area contributed by atoms with E-state index >= 15 is 0 Å². The molecule has 0 bridgehead atoms. The molecular weight excluding hydrogens is 111 g/mol. The Hall–Kier alpha value is -0.550. The predicted octanol–water partition coefficient (Wildman–Crippen LogP) is 0.236. The quantitative estimate of drug-likeness (QED) is 0.350. The Morgan fingerprint density at radius 1 is 1.67 bits per heavy atom. The summed E-state index contributed by atoms with van der Waals surface area (Å²) in [6.07, 6.45) is 0. The van der Waals surface area contributed by atoms with Crippen molar-refractivity contribution < 1.29 is 10.3 Å². The van der Waals surface area contributed by atoms with Crippen LogP contribution in [0, 0.1) is 10.1 Å². The van der Waals surface area contributed by atoms with Gasteiger partial charge in [0.15, 0.2) is 0 Å². The lowest BCUT2D eigenvalue weighted by Crippen LogP contribution is -1.81. The van der Waals surface area contributed by atoms with E-state index in [1.54, 1.807) is 0 Å². The van der Waals surface area contributed by atoms with Crippen LogP contribution >= 0.6 is 12.4 Å². The molecule has 0 fully saturated rings. The molecule has 40 valence electrons. The summed E-state index contributed by atoms with van der Waals surface area (Å²) in [6.45, 7) is 0. The van der Waals surface area contributed by atoms with Gasteiger partial charge >= 0.3 is 0 Å². The van der Waals surface area contributed by atoms with Crippen LogP contribution in [-0.4, -0.2) is 10.3 Å². The van der Waals surface area contributed by atoms with Gasteiger partial charge in [-0.3, -0.25) is 0 Å². The second-order valence-electron chi connectivity index (χ2n) is 0.238. The monoisotopic (exact) mass is 116 g/mol. The number of nitrogens with zero attached hydrogens (tertiary/aromatic N) is 1. The molecule has 0 aromatic carbocycles. The van der Waals surface area contributed by atoms with Crippen molar-refractivity contribution in [3.8, 4) is 0 Å². The summed E-state index contributed by atoms with van der Waals surface area (Å²) < 4.78 is 0. The van der Waals surface area contributed by atoms with E-state index in [4.69, 9.17) is 15.3 Å². The van der Waals surface area contributed by atoms with Crippen molar-refractivity contribution in [2.45, 2.75) is 0 Å². The van der Waals surface area contributed by atoms with Crippen LogP contribution in [0.3, 0.4) is 0 Å². The van der Waals surface area contributed by atoms with Gasteiger partial charge < -0.3 is 11.4 Å². The van der Waals surface area contributed by atoms with Crippen molar-refractivity contribution in [1.29, 1.82) is 0 Å². The zero-order valence-corrected chi connectivity index (χ0v) is 3.64. The van der Waals surface area contributed by atoms with Crippen LogP contribution in [0.25, 0.3) is 0 Å². The molecule has 4 N–H and O–H groups in total. The Bertz CT molecular complexity index is 31.8. The van der Waals surface area contributed by atoms with Gasteiger partial charge in [0, 0.05) is 0 Å². The summed E-state index contributed by atoms with van der Waals surface area (Å²) >= 11 is 0. The van der Waals surface area contributed by atoms with Crippen molar-refractivity contribution in [3.63, 3.8) is 0 Å². The summed E-state index contributed by atoms with van der Waals surface area (Å²) in [5.41, 5.74) is 0. The highest BCUT2D eigenvalue weighted by molar-refractivity contribution is 5.85. The number of hydrogen-bond donors (Lipinski definition) is 2. The Morgan fingerprint density at radius 2 is 1.67 bits per heavy atom. The van der Waals surface area contributed by atoms with Gasteiger partial charge in [-0.05, 0) is 0 Å². The summed E-state index contributed by atoms with van der Waals surface area (Å²) in [6, 6.07) is 0. The Kier molecular flexibility index (Phi) is 26.4. The third-order valence-corrected chi connectivity index (χ3v) is 0. The van der Waals surface area contributed by atoms with Crippen LogP contribution in [0.4, 0.5) is 0 Å². The standard InChI is InChI=1S/ClH.HNO3.H3N/c;2-1(3)4;/h1H;(H,2,3,4);1H3. The van der Waals surface area contributed by atoms with Gasteiger partial charge in [-0.15, -0.1) is 22.5 Å². The highest BCUT2D eigenvalue weighted by Crippen LogP contribution is 1.38. The highest BCUT2D eigenvalue weighted by atomic mass is 35.5. The van der Waals surface area contributed by atoms with E-state index in [1.807, 2.05) is 0 Å². The van der Waals surface area contributed by atoms with Crippen LogP contribution in [0.5, 0.6) is 0 Å². The van der Waals surface area contributed by atoms with Crippen molar-refractivity contribution in [2.75, 3.05) is 0 Å². The average molecular weight is 117 g/mol. The first-order valence-electron chi connectivity index (χ1n) is 0.565. The zero-order valence-electron chi connectivity index (χ0n) is 2.83. The van der Waals surface area contributed by atoms with Crippen molar-refractivity contribution in [1.82, 2.24) is 6.15 Å². The second-order valence-corrected chi connectivity index (χ2v) is 0.238. The molecule has 6 heavy (non-hydrogen) atoms. The molecule has 0 aliphatic heterocycles. The van der Waals surface area contributed by atoms with E-state index in [-0.39, 0.29) is 18.6 Å². The summed E-state index contributed by atoms with van der Waals surface area (Å²) in [5, 5.41) is 13.6. The maximum absolute atomic E-state index is 8.36. The largest absolute Gasteiger partial charge is 0.344 e. The maximum Gasteiger partial charge on any atom is 0.291 e. The first-order chi connectivity index (χ1) is 1.73. The topological polar surface area (TPSA) is 98.4 Å². The van der Waals surface area contributed by atoms with E-state index in [2.05, 4.69) is 0 Å². The van der Waals surface area contributed by atoms with Gasteiger partial charge in [-0.2, -0.15) is 0 Å². The second kappa shape index (κ2) is 8.82. The zero-order chi connectivity index (χ0) is 3.58. The number of rotatable bonds is 0. The van der Waals surface area contributed by atoms with Crippen molar-refractivity contribution in [2.24, 2.45) is 0 Å². The minimum atomic E-state index is -1.50. The van der Waals surface area contributed by atoms with E-state index in [9.17, 15) is 0 Å². The number of hydrogen-bond acceptors (Lipinski definition) is 3. The van der Waals surface area contributed by atoms with Crippen molar-refractivity contribution in [3.05, 3.63) is 10.1 Å². The number of halogens is 1. The molecule has 0 aromatic heterocycles. The van der Waals surface area contributed by atoms with E-state index in [0.717, 1.165) is 0 Å². The smallest absolute Gasteiger partial charge is 0.291 e. The fourth-order valence-corrected chi connectivity index (χ4v) is 0. The van der Waals surface area contributed by atoms with Crippen molar-refractivity contribution >= 4 is 12.4 Å². The Labute approximate surface area is 40.1 Å². The minimum absolute atomic E-state index is 0. The summed E-state index contributed by atoms with van der Waals surface area (Å²) in [4.78, 5) is 8.36. The van der Waals surface area contributed by atoms with E-state index in [0.29, 0.717) is 0 Å². The molecule has 0 spiro atoms. The first-order valence-corrected chi connectivity index (χ1v) is 0.565. The van der Waals surface area contributed by atoms with Gasteiger partial charge in [0.05, 0.1) is 0 Å². The lowest BCUT2D eigenvalue weighted by molar-refractivity contribution is -0.742. The molecule has 6 heteroatoms. The third kappa shape index (κ3) is 68.5. The molecule has 5 nitrogen and oxygen atoms in total. The first kappa shape index (κ1) is 18.0. The minimum Gasteiger partial charge on any atom is -0.344 e. The molecule has 0 saturated heterocycles. The van der Waals surface area contributed by atoms with Crippen LogP contribution in [0.1, 0.15) is 0 Å². The molecule has 0 atom stereocenters. The molecule has 0 saturated carbocycles. The molecule has 0 aromatic rings. The fourth-order valence-electron chi connectivity index (χ4n) is 0. The van der Waals surface area contributed by atoms with Crippen LogP contribution in [-0.2, 0) is 0 Å². The lowest BCUT2D eigenvalue weighted by atomic mass is 13.1. The van der Waals surface area contributed by atoms with Gasteiger partial charge in [-0.25, -0.2) is 0 Å². The molecule has 0 unspecified atom stereocenters. The molecule has 0 aliphatic rings. The summed E-state index contributed by atoms with van der Waals surface area (Å²) in [7, 11) is 0. The summed E-state index contributed by atoms with van der Waals surface area (Å²) in [5.74, 6) is 0. The normalized spacial score (nSPS) is 4.00. The Balaban J connectivity index is -0.0000000450. The van der Waals surface area contributed by atoms with Crippen LogP contribution in [0.2, 0.25) is 0 Å². The molecule has 0 heterocycles.